The van der Waals surface area contributed by atoms with E-state index >= 15 is 0 Å². The van der Waals surface area contributed by atoms with Crippen molar-refractivity contribution in [2.24, 2.45) is 5.92 Å². The molecule has 0 amide bonds. The first-order valence-corrected chi connectivity index (χ1v) is 9.96. The van der Waals surface area contributed by atoms with Gasteiger partial charge in [-0.15, -0.1) is 0 Å². The van der Waals surface area contributed by atoms with Gasteiger partial charge in [-0.25, -0.2) is 13.4 Å². The van der Waals surface area contributed by atoms with Crippen molar-refractivity contribution in [2.75, 3.05) is 13.1 Å². The first-order valence-electron chi connectivity index (χ1n) is 8.52. The molecule has 0 radical (unpaired) electrons. The molecule has 24 heavy (non-hydrogen) atoms. The third-order valence-electron chi connectivity index (χ3n) is 4.61. The lowest BCUT2D eigenvalue weighted by Gasteiger charge is -2.38. The molecule has 1 aromatic carbocycles. The zero-order chi connectivity index (χ0) is 17.3. The van der Waals surface area contributed by atoms with Crippen molar-refractivity contribution in [1.29, 1.82) is 0 Å². The van der Waals surface area contributed by atoms with Gasteiger partial charge in [0.05, 0.1) is 4.90 Å². The van der Waals surface area contributed by atoms with Crippen LogP contribution in [0.4, 0.5) is 0 Å². The Morgan fingerprint density at radius 1 is 1.21 bits per heavy atom. The highest BCUT2D eigenvalue weighted by molar-refractivity contribution is 7.89. The van der Waals surface area contributed by atoms with E-state index in [0.717, 1.165) is 24.4 Å². The molecule has 3 rings (SSSR count). The van der Waals surface area contributed by atoms with Gasteiger partial charge in [-0.3, -0.25) is 0 Å². The van der Waals surface area contributed by atoms with E-state index in [9.17, 15) is 8.42 Å². The summed E-state index contributed by atoms with van der Waals surface area (Å²) in [6.07, 6.45) is 4.71. The molecule has 1 aliphatic rings. The van der Waals surface area contributed by atoms with Crippen LogP contribution in [-0.4, -0.2) is 35.4 Å². The van der Waals surface area contributed by atoms with Crippen LogP contribution in [0.5, 0.6) is 0 Å². The van der Waals surface area contributed by atoms with Crippen LogP contribution < -0.4 is 0 Å². The molecule has 0 unspecified atom stereocenters. The average Bonchev–Trinajstić information content (AvgIpc) is 2.98. The maximum Gasteiger partial charge on any atom is 0.243 e. The number of aryl methyl sites for hydroxylation is 1. The van der Waals surface area contributed by atoms with Crippen molar-refractivity contribution < 1.29 is 8.42 Å². The van der Waals surface area contributed by atoms with Crippen molar-refractivity contribution in [3.63, 3.8) is 0 Å². The van der Waals surface area contributed by atoms with Crippen molar-refractivity contribution >= 4 is 10.0 Å². The molecule has 0 saturated carbocycles. The first-order chi connectivity index (χ1) is 11.4. The Bertz CT molecular complexity index is 788. The fourth-order valence-electron chi connectivity index (χ4n) is 3.13. The number of hydrogen-bond acceptors (Lipinski definition) is 3. The monoisotopic (exact) mass is 347 g/mol. The maximum atomic E-state index is 12.6. The van der Waals surface area contributed by atoms with E-state index in [1.165, 1.54) is 0 Å². The fourth-order valence-corrected chi connectivity index (χ4v) is 4.73. The van der Waals surface area contributed by atoms with Crippen molar-refractivity contribution in [2.45, 2.75) is 44.6 Å². The molecule has 0 atom stereocenters. The molecule has 0 aliphatic carbocycles. The molecule has 0 bridgehead atoms. The number of benzene rings is 1. The first kappa shape index (κ1) is 17.2. The highest BCUT2D eigenvalue weighted by atomic mass is 32.2. The molecule has 6 heteroatoms. The summed E-state index contributed by atoms with van der Waals surface area (Å²) < 4.78 is 29.0. The number of rotatable bonds is 6. The second-order valence-electron chi connectivity index (χ2n) is 6.78. The number of nitrogens with zero attached hydrogens (tertiary/aromatic N) is 3. The zero-order valence-corrected chi connectivity index (χ0v) is 15.3. The predicted octanol–water partition coefficient (Wildman–Crippen LogP) is 2.89. The molecule has 130 valence electrons. The Hall–Kier alpha value is -1.66. The maximum absolute atomic E-state index is 12.6. The molecule has 5 nitrogen and oxygen atoms in total. The van der Waals surface area contributed by atoms with Crippen LogP contribution >= 0.6 is 0 Å². The highest BCUT2D eigenvalue weighted by Crippen LogP contribution is 2.27. The molecule has 2 heterocycles. The minimum Gasteiger partial charge on any atom is -0.334 e. The lowest BCUT2D eigenvalue weighted by Crippen LogP contribution is -2.51. The average molecular weight is 347 g/mol. The van der Waals surface area contributed by atoms with E-state index in [4.69, 9.17) is 0 Å². The van der Waals surface area contributed by atoms with Gasteiger partial charge in [0.1, 0.15) is 5.82 Å². The molecule has 1 aliphatic heterocycles. The Labute approximate surface area is 144 Å². The normalized spacial score (nSPS) is 16.5. The zero-order valence-electron chi connectivity index (χ0n) is 14.5. The summed E-state index contributed by atoms with van der Waals surface area (Å²) in [7, 11) is -3.36. The van der Waals surface area contributed by atoms with E-state index in [-0.39, 0.29) is 0 Å². The van der Waals surface area contributed by atoms with E-state index in [0.29, 0.717) is 29.8 Å². The van der Waals surface area contributed by atoms with E-state index in [1.807, 2.05) is 24.5 Å². The summed E-state index contributed by atoms with van der Waals surface area (Å²) in [6, 6.07) is 7.22. The molecular formula is C18H25N3O2S. The minimum absolute atomic E-state index is 0.349. The van der Waals surface area contributed by atoms with Gasteiger partial charge in [0.25, 0.3) is 0 Å². The Morgan fingerprint density at radius 3 is 2.46 bits per heavy atom. The van der Waals surface area contributed by atoms with Crippen LogP contribution in [0.2, 0.25) is 0 Å². The lowest BCUT2D eigenvalue weighted by atomic mass is 10.0. The number of hydrogen-bond donors (Lipinski definition) is 0. The van der Waals surface area contributed by atoms with Gasteiger partial charge in [0.15, 0.2) is 0 Å². The van der Waals surface area contributed by atoms with Crippen LogP contribution in [0.1, 0.15) is 38.1 Å². The van der Waals surface area contributed by atoms with Gasteiger partial charge >= 0.3 is 0 Å². The van der Waals surface area contributed by atoms with Gasteiger partial charge in [-0.05, 0) is 24.1 Å². The standard InChI is InChI=1S/C18H25N3O2S/c1-4-15-5-7-17(8-6-15)24(22,23)21-12-16(13-21)11-20-10-9-19-18(20)14(2)3/h5-10,14,16H,4,11-13H2,1-3H3. The number of imidazole rings is 1. The van der Waals surface area contributed by atoms with Crippen molar-refractivity contribution in [3.8, 4) is 0 Å². The van der Waals surface area contributed by atoms with Gasteiger partial charge in [-0.1, -0.05) is 32.9 Å². The summed E-state index contributed by atoms with van der Waals surface area (Å²) in [5.74, 6) is 1.78. The summed E-state index contributed by atoms with van der Waals surface area (Å²) in [4.78, 5) is 4.78. The Kier molecular flexibility index (Phi) is 4.78. The smallest absolute Gasteiger partial charge is 0.243 e. The number of aromatic nitrogens is 2. The quantitative estimate of drug-likeness (QED) is 0.807. The van der Waals surface area contributed by atoms with Crippen molar-refractivity contribution in [3.05, 3.63) is 48.0 Å². The summed E-state index contributed by atoms with van der Waals surface area (Å²) in [5, 5.41) is 0. The summed E-state index contributed by atoms with van der Waals surface area (Å²) >= 11 is 0. The Balaban J connectivity index is 1.63. The fraction of sp³-hybridized carbons (Fsp3) is 0.500. The largest absolute Gasteiger partial charge is 0.334 e. The van der Waals surface area contributed by atoms with Crippen LogP contribution in [-0.2, 0) is 23.0 Å². The van der Waals surface area contributed by atoms with Gasteiger partial charge in [0.2, 0.25) is 10.0 Å². The second-order valence-corrected chi connectivity index (χ2v) is 8.72. The van der Waals surface area contributed by atoms with E-state index in [1.54, 1.807) is 16.4 Å². The van der Waals surface area contributed by atoms with Crippen LogP contribution in [0, 0.1) is 5.92 Å². The van der Waals surface area contributed by atoms with Gasteiger partial charge < -0.3 is 4.57 Å². The second kappa shape index (κ2) is 6.69. The third-order valence-corrected chi connectivity index (χ3v) is 6.46. The SMILES string of the molecule is CCc1ccc(S(=O)(=O)N2CC(Cn3ccnc3C(C)C)C2)cc1. The lowest BCUT2D eigenvalue weighted by molar-refractivity contribution is 0.178. The molecule has 0 N–H and O–H groups in total. The molecule has 0 spiro atoms. The predicted molar refractivity (Wildman–Crippen MR) is 94.4 cm³/mol. The minimum atomic E-state index is -3.36. The van der Waals surface area contributed by atoms with E-state index in [2.05, 4.69) is 30.3 Å². The van der Waals surface area contributed by atoms with Gasteiger partial charge in [-0.2, -0.15) is 4.31 Å². The Morgan fingerprint density at radius 2 is 1.88 bits per heavy atom. The van der Waals surface area contributed by atoms with E-state index < -0.39 is 10.0 Å². The summed E-state index contributed by atoms with van der Waals surface area (Å²) in [5.41, 5.74) is 1.15. The molecule has 2 aromatic rings. The van der Waals surface area contributed by atoms with Crippen LogP contribution in [0.15, 0.2) is 41.6 Å². The highest BCUT2D eigenvalue weighted by Gasteiger charge is 2.36. The van der Waals surface area contributed by atoms with Crippen LogP contribution in [0.25, 0.3) is 0 Å². The topological polar surface area (TPSA) is 55.2 Å². The van der Waals surface area contributed by atoms with Gasteiger partial charge in [0, 0.05) is 43.9 Å². The number of sulfonamides is 1. The molecule has 1 saturated heterocycles. The molecular weight excluding hydrogens is 322 g/mol. The molecule has 1 aromatic heterocycles. The third kappa shape index (κ3) is 3.26. The molecule has 1 fully saturated rings. The van der Waals surface area contributed by atoms with Crippen LogP contribution in [0.3, 0.4) is 0 Å². The summed E-state index contributed by atoms with van der Waals surface area (Å²) in [6.45, 7) is 8.28. The van der Waals surface area contributed by atoms with Crippen molar-refractivity contribution in [1.82, 2.24) is 13.9 Å².